The Hall–Kier alpha value is -2.67. The predicted octanol–water partition coefficient (Wildman–Crippen LogP) is 1.76. The van der Waals surface area contributed by atoms with Crippen LogP contribution in [-0.4, -0.2) is 17.6 Å². The molecule has 1 aromatic carbocycles. The number of amides is 2. The number of nitrogens with two attached hydrogens (primary N) is 3. The molecule has 3 rings (SSSR count). The molecule has 0 saturated carbocycles. The van der Waals surface area contributed by atoms with Crippen molar-refractivity contribution in [2.24, 2.45) is 11.5 Å². The van der Waals surface area contributed by atoms with E-state index in [-0.39, 0.29) is 22.8 Å². The van der Waals surface area contributed by atoms with Gasteiger partial charge in [-0.05, 0) is 30.4 Å². The summed E-state index contributed by atoms with van der Waals surface area (Å²) >= 11 is 1.10. The monoisotopic (exact) mass is 357 g/mol. The largest absolute Gasteiger partial charge is 0.390 e. The van der Waals surface area contributed by atoms with Crippen LogP contribution in [0.3, 0.4) is 0 Å². The minimum atomic E-state index is -0.838. The SMILES string of the molecule is NC(=O)CC[C@@]1(c2ccccc2)CCc2c(sc(N)c2C(N)=O)C1=O. The number of hydrogen-bond acceptors (Lipinski definition) is 5. The second-order valence-corrected chi connectivity index (χ2v) is 7.31. The van der Waals surface area contributed by atoms with Crippen LogP contribution in [0.25, 0.3) is 0 Å². The molecule has 0 radical (unpaired) electrons. The van der Waals surface area contributed by atoms with E-state index in [1.54, 1.807) is 0 Å². The van der Waals surface area contributed by atoms with Gasteiger partial charge in [-0.15, -0.1) is 11.3 Å². The molecule has 1 atom stereocenters. The molecule has 2 amide bonds. The number of carbonyl (C=O) groups excluding carboxylic acids is 3. The van der Waals surface area contributed by atoms with Crippen LogP contribution in [0.5, 0.6) is 0 Å². The summed E-state index contributed by atoms with van der Waals surface area (Å²) in [5, 5.41) is 0.268. The molecule has 25 heavy (non-hydrogen) atoms. The predicted molar refractivity (Wildman–Crippen MR) is 96.4 cm³/mol. The number of nitrogen functional groups attached to an aromatic ring is 1. The van der Waals surface area contributed by atoms with Gasteiger partial charge in [0, 0.05) is 6.42 Å². The maximum Gasteiger partial charge on any atom is 0.251 e. The van der Waals surface area contributed by atoms with Crippen molar-refractivity contribution < 1.29 is 14.4 Å². The number of benzene rings is 1. The highest BCUT2D eigenvalue weighted by Gasteiger charge is 2.46. The maximum atomic E-state index is 13.4. The first-order valence-corrected chi connectivity index (χ1v) is 8.78. The molecule has 130 valence electrons. The lowest BCUT2D eigenvalue weighted by molar-refractivity contribution is -0.118. The first-order valence-electron chi connectivity index (χ1n) is 7.96. The van der Waals surface area contributed by atoms with Crippen LogP contribution < -0.4 is 17.2 Å². The Labute approximate surface area is 149 Å². The summed E-state index contributed by atoms with van der Waals surface area (Å²) in [6.07, 6.45) is 1.42. The molecule has 1 aliphatic rings. The topological polar surface area (TPSA) is 129 Å². The molecule has 0 aliphatic heterocycles. The number of fused-ring (bicyclic) bond motifs is 1. The van der Waals surface area contributed by atoms with E-state index < -0.39 is 17.2 Å². The molecule has 1 heterocycles. The standard InChI is InChI=1S/C18H19N3O3S/c19-12(22)7-9-18(10-4-2-1-3-5-10)8-6-11-13(16(20)24)17(21)25-14(11)15(18)23/h1-5H,6-9,21H2,(H2,19,22)(H2,20,24)/t18-/m1/s1. The summed E-state index contributed by atoms with van der Waals surface area (Å²) < 4.78 is 0. The number of rotatable bonds is 5. The fraction of sp³-hybridized carbons (Fsp3) is 0.278. The van der Waals surface area contributed by atoms with Gasteiger partial charge in [0.1, 0.15) is 0 Å². The Kier molecular flexibility index (Phi) is 4.34. The first kappa shape index (κ1) is 17.2. The van der Waals surface area contributed by atoms with Crippen LogP contribution in [0.4, 0.5) is 5.00 Å². The van der Waals surface area contributed by atoms with Crippen LogP contribution in [0, 0.1) is 0 Å². The third kappa shape index (κ3) is 2.80. The van der Waals surface area contributed by atoms with E-state index in [0.29, 0.717) is 29.7 Å². The minimum Gasteiger partial charge on any atom is -0.390 e. The van der Waals surface area contributed by atoms with Gasteiger partial charge in [0.15, 0.2) is 5.78 Å². The number of anilines is 1. The van der Waals surface area contributed by atoms with Gasteiger partial charge in [0.25, 0.3) is 5.91 Å². The van der Waals surface area contributed by atoms with Crippen LogP contribution >= 0.6 is 11.3 Å². The van der Waals surface area contributed by atoms with E-state index in [2.05, 4.69) is 0 Å². The number of hydrogen-bond donors (Lipinski definition) is 3. The number of thiophene rings is 1. The molecule has 1 aliphatic carbocycles. The molecule has 0 saturated heterocycles. The van der Waals surface area contributed by atoms with Gasteiger partial charge >= 0.3 is 0 Å². The Morgan fingerprint density at radius 2 is 1.84 bits per heavy atom. The molecule has 7 heteroatoms. The second kappa shape index (κ2) is 6.33. The van der Waals surface area contributed by atoms with Gasteiger partial charge in [-0.2, -0.15) is 0 Å². The Balaban J connectivity index is 2.12. The molecule has 1 aromatic heterocycles. The van der Waals surface area contributed by atoms with E-state index in [4.69, 9.17) is 17.2 Å². The molecule has 6 N–H and O–H groups in total. The molecule has 2 aromatic rings. The van der Waals surface area contributed by atoms with Crippen LogP contribution in [0.1, 0.15) is 50.4 Å². The van der Waals surface area contributed by atoms with Crippen molar-refractivity contribution in [1.29, 1.82) is 0 Å². The lowest BCUT2D eigenvalue weighted by Gasteiger charge is -2.36. The Morgan fingerprint density at radius 3 is 2.44 bits per heavy atom. The fourth-order valence-corrected chi connectivity index (χ4v) is 4.76. The van der Waals surface area contributed by atoms with Crippen molar-refractivity contribution in [2.75, 3.05) is 5.73 Å². The fourth-order valence-electron chi connectivity index (χ4n) is 3.60. The molecule has 0 fully saturated rings. The van der Waals surface area contributed by atoms with Gasteiger partial charge in [0.2, 0.25) is 5.91 Å². The van der Waals surface area contributed by atoms with E-state index in [9.17, 15) is 14.4 Å². The van der Waals surface area contributed by atoms with Crippen LogP contribution in [-0.2, 0) is 16.6 Å². The lowest BCUT2D eigenvalue weighted by atomic mass is 9.66. The molecular formula is C18H19N3O3S. The zero-order chi connectivity index (χ0) is 18.2. The highest BCUT2D eigenvalue weighted by molar-refractivity contribution is 7.18. The van der Waals surface area contributed by atoms with Gasteiger partial charge in [-0.25, -0.2) is 0 Å². The van der Waals surface area contributed by atoms with Crippen molar-refractivity contribution in [3.63, 3.8) is 0 Å². The van der Waals surface area contributed by atoms with Gasteiger partial charge in [-0.3, -0.25) is 14.4 Å². The van der Waals surface area contributed by atoms with E-state index in [1.165, 1.54) is 0 Å². The van der Waals surface area contributed by atoms with Crippen molar-refractivity contribution in [3.8, 4) is 0 Å². The second-order valence-electron chi connectivity index (χ2n) is 6.26. The maximum absolute atomic E-state index is 13.4. The van der Waals surface area contributed by atoms with E-state index in [1.807, 2.05) is 30.3 Å². The highest BCUT2D eigenvalue weighted by atomic mass is 32.1. The van der Waals surface area contributed by atoms with Crippen LogP contribution in [0.2, 0.25) is 0 Å². The molecule has 6 nitrogen and oxygen atoms in total. The minimum absolute atomic E-state index is 0.111. The Bertz CT molecular complexity index is 860. The third-order valence-corrected chi connectivity index (χ3v) is 5.91. The summed E-state index contributed by atoms with van der Waals surface area (Å²) in [5.74, 6) is -1.19. The van der Waals surface area contributed by atoms with Crippen molar-refractivity contribution in [3.05, 3.63) is 51.9 Å². The van der Waals surface area contributed by atoms with E-state index in [0.717, 1.165) is 16.9 Å². The quantitative estimate of drug-likeness (QED) is 0.753. The first-order chi connectivity index (χ1) is 11.9. The summed E-state index contributed by atoms with van der Waals surface area (Å²) in [6, 6.07) is 9.37. The number of primary amides is 2. The lowest BCUT2D eigenvalue weighted by Crippen LogP contribution is -2.40. The molecular weight excluding hydrogens is 338 g/mol. The van der Waals surface area contributed by atoms with Crippen molar-refractivity contribution >= 4 is 33.9 Å². The summed E-state index contributed by atoms with van der Waals surface area (Å²) in [5.41, 5.74) is 17.6. The zero-order valence-corrected chi connectivity index (χ0v) is 14.4. The summed E-state index contributed by atoms with van der Waals surface area (Å²) in [6.45, 7) is 0. The van der Waals surface area contributed by atoms with Gasteiger partial charge < -0.3 is 17.2 Å². The summed E-state index contributed by atoms with van der Waals surface area (Å²) in [7, 11) is 0. The molecule has 0 spiro atoms. The average Bonchev–Trinajstić information content (AvgIpc) is 2.92. The van der Waals surface area contributed by atoms with Gasteiger partial charge in [0.05, 0.1) is 20.9 Å². The number of carbonyl (C=O) groups is 3. The van der Waals surface area contributed by atoms with Crippen LogP contribution in [0.15, 0.2) is 30.3 Å². The third-order valence-electron chi connectivity index (χ3n) is 4.85. The smallest absolute Gasteiger partial charge is 0.251 e. The summed E-state index contributed by atoms with van der Waals surface area (Å²) in [4.78, 5) is 36.9. The molecule has 0 unspecified atom stereocenters. The molecule has 0 bridgehead atoms. The normalized spacial score (nSPS) is 19.4. The van der Waals surface area contributed by atoms with E-state index >= 15 is 0 Å². The number of ketones is 1. The van der Waals surface area contributed by atoms with Crippen molar-refractivity contribution in [2.45, 2.75) is 31.1 Å². The number of Topliss-reactive ketones (excluding diaryl/α,β-unsaturated/α-hetero) is 1. The van der Waals surface area contributed by atoms with Gasteiger partial charge in [-0.1, -0.05) is 30.3 Å². The average molecular weight is 357 g/mol. The Morgan fingerprint density at radius 1 is 1.16 bits per heavy atom. The van der Waals surface area contributed by atoms with Crippen molar-refractivity contribution in [1.82, 2.24) is 0 Å². The zero-order valence-electron chi connectivity index (χ0n) is 13.6. The highest BCUT2D eigenvalue weighted by Crippen LogP contribution is 2.46.